The van der Waals surface area contributed by atoms with Gasteiger partial charge in [0, 0.05) is 18.0 Å². The summed E-state index contributed by atoms with van der Waals surface area (Å²) in [6.07, 6.45) is 0.0810. The first-order valence-electron chi connectivity index (χ1n) is 4.87. The monoisotopic (exact) mass is 256 g/mol. The topological polar surface area (TPSA) is 110 Å². The molecule has 0 radical (unpaired) electrons. The Morgan fingerprint density at radius 3 is 2.65 bits per heavy atom. The maximum atomic E-state index is 11.7. The summed E-state index contributed by atoms with van der Waals surface area (Å²) in [6, 6.07) is 4.68. The summed E-state index contributed by atoms with van der Waals surface area (Å²) in [5, 5.41) is 2.96. The Morgan fingerprint density at radius 2 is 2.06 bits per heavy atom. The van der Waals surface area contributed by atoms with Crippen LogP contribution in [0.2, 0.25) is 5.02 Å². The Hall–Kier alpha value is -1.79. The molecule has 0 unspecified atom stereocenters. The Bertz CT molecular complexity index is 436. The van der Waals surface area contributed by atoms with Crippen LogP contribution in [-0.4, -0.2) is 18.4 Å². The van der Waals surface area contributed by atoms with Crippen LogP contribution in [0.15, 0.2) is 18.2 Å². The summed E-state index contributed by atoms with van der Waals surface area (Å²) in [6.45, 7) is 0.171. The summed E-state index contributed by atoms with van der Waals surface area (Å²) in [7, 11) is 0. The normalized spacial score (nSPS) is 9.76. The van der Waals surface area contributed by atoms with Gasteiger partial charge in [-0.25, -0.2) is 0 Å². The second kappa shape index (κ2) is 6.07. The number of nitrogens with two attached hydrogens (primary N) is 2. The molecule has 0 fully saturated rings. The molecule has 1 rings (SSSR count). The predicted molar refractivity (Wildman–Crippen MR) is 65.4 cm³/mol. The van der Waals surface area contributed by atoms with E-state index >= 15 is 0 Å². The van der Waals surface area contributed by atoms with E-state index in [1.807, 2.05) is 0 Å². The zero-order chi connectivity index (χ0) is 12.8. The maximum Gasteiger partial charge on any atom is 0.253 e. The lowest BCUT2D eigenvalue weighted by Crippen LogP contribution is -2.28. The maximum absolute atomic E-state index is 11.7. The molecular weight excluding hydrogens is 244 g/mol. The number of amides is 2. The molecular formula is C10H13ClN4O2. The predicted octanol–water partition coefficient (Wildman–Crippen LogP) is 0.231. The number of nitrogen functional groups attached to an aromatic ring is 1. The summed E-state index contributed by atoms with van der Waals surface area (Å²) in [4.78, 5) is 22.3. The van der Waals surface area contributed by atoms with Crippen LogP contribution in [0.4, 0.5) is 5.69 Å². The van der Waals surface area contributed by atoms with Gasteiger partial charge in [-0.3, -0.25) is 15.4 Å². The van der Waals surface area contributed by atoms with Crippen molar-refractivity contribution in [3.63, 3.8) is 0 Å². The van der Waals surface area contributed by atoms with Crippen LogP contribution in [0.25, 0.3) is 0 Å². The molecule has 0 aliphatic rings. The Kier molecular flexibility index (Phi) is 4.74. The van der Waals surface area contributed by atoms with Gasteiger partial charge in [-0.2, -0.15) is 0 Å². The second-order valence-corrected chi connectivity index (χ2v) is 3.74. The number of carbonyl (C=O) groups excluding carboxylic acids is 2. The Labute approximate surface area is 103 Å². The molecule has 1 aromatic rings. The van der Waals surface area contributed by atoms with Gasteiger partial charge in [0.25, 0.3) is 5.91 Å². The number of benzene rings is 1. The van der Waals surface area contributed by atoms with Crippen LogP contribution in [-0.2, 0) is 4.79 Å². The van der Waals surface area contributed by atoms with Crippen LogP contribution >= 0.6 is 11.6 Å². The third-order valence-electron chi connectivity index (χ3n) is 2.04. The lowest BCUT2D eigenvalue weighted by molar-refractivity contribution is -0.117. The molecule has 2 amide bonds. The fourth-order valence-corrected chi connectivity index (χ4v) is 1.40. The van der Waals surface area contributed by atoms with Crippen LogP contribution in [0.1, 0.15) is 16.8 Å². The first-order chi connectivity index (χ1) is 8.04. The smallest absolute Gasteiger partial charge is 0.253 e. The number of carbonyl (C=O) groups is 2. The molecule has 6 nitrogen and oxygen atoms in total. The molecule has 0 heterocycles. The fourth-order valence-electron chi connectivity index (χ4n) is 1.22. The highest BCUT2D eigenvalue weighted by Crippen LogP contribution is 2.19. The molecule has 0 aliphatic carbocycles. The quantitative estimate of drug-likeness (QED) is 0.446. The van der Waals surface area contributed by atoms with Gasteiger partial charge in [-0.1, -0.05) is 11.6 Å². The first-order valence-corrected chi connectivity index (χ1v) is 5.25. The molecule has 0 bridgehead atoms. The van der Waals surface area contributed by atoms with Crippen molar-refractivity contribution >= 4 is 29.1 Å². The van der Waals surface area contributed by atoms with Crippen molar-refractivity contribution in [3.05, 3.63) is 28.8 Å². The highest BCUT2D eigenvalue weighted by Gasteiger charge is 2.11. The van der Waals surface area contributed by atoms with Crippen LogP contribution in [0, 0.1) is 0 Å². The zero-order valence-electron chi connectivity index (χ0n) is 9.00. The fraction of sp³-hybridized carbons (Fsp3) is 0.200. The molecule has 0 saturated carbocycles. The summed E-state index contributed by atoms with van der Waals surface area (Å²) in [5.41, 5.74) is 8.11. The zero-order valence-corrected chi connectivity index (χ0v) is 9.75. The van der Waals surface area contributed by atoms with Gasteiger partial charge in [-0.15, -0.1) is 0 Å². The molecule has 0 atom stereocenters. The van der Waals surface area contributed by atoms with Crippen LogP contribution in [0.3, 0.4) is 0 Å². The molecule has 17 heavy (non-hydrogen) atoms. The lowest BCUT2D eigenvalue weighted by atomic mass is 10.1. The summed E-state index contributed by atoms with van der Waals surface area (Å²) < 4.78 is 0. The third kappa shape index (κ3) is 3.93. The average Bonchev–Trinajstić information content (AvgIpc) is 2.28. The van der Waals surface area contributed by atoms with Crippen LogP contribution < -0.4 is 22.3 Å². The minimum absolute atomic E-state index is 0.0810. The lowest BCUT2D eigenvalue weighted by Gasteiger charge is -2.09. The van der Waals surface area contributed by atoms with E-state index in [0.717, 1.165) is 0 Å². The molecule has 0 saturated heterocycles. The first kappa shape index (κ1) is 13.3. The minimum Gasteiger partial charge on any atom is -0.370 e. The summed E-state index contributed by atoms with van der Waals surface area (Å²) in [5.74, 6) is 4.42. The Balaban J connectivity index is 2.73. The number of halogens is 1. The van der Waals surface area contributed by atoms with Crippen molar-refractivity contribution in [1.29, 1.82) is 0 Å². The summed E-state index contributed by atoms with van der Waals surface area (Å²) >= 11 is 5.78. The second-order valence-electron chi connectivity index (χ2n) is 3.31. The van der Waals surface area contributed by atoms with Gasteiger partial charge >= 0.3 is 0 Å². The SMILES string of the molecule is NNc1ccc(Cl)cc1C(=O)NCCC(N)=O. The van der Waals surface area contributed by atoms with E-state index in [0.29, 0.717) is 16.3 Å². The molecule has 1 aromatic carbocycles. The molecule has 0 spiro atoms. The van der Waals surface area contributed by atoms with E-state index < -0.39 is 5.91 Å². The van der Waals surface area contributed by atoms with E-state index in [1.165, 1.54) is 6.07 Å². The standard InChI is InChI=1S/C10H13ClN4O2/c11-6-1-2-8(15-13)7(5-6)10(17)14-4-3-9(12)16/h1-2,5,15H,3-4,13H2,(H2,12,16)(H,14,17). The van der Waals surface area contributed by atoms with Gasteiger partial charge in [0.1, 0.15) is 0 Å². The van der Waals surface area contributed by atoms with Crippen molar-refractivity contribution in [3.8, 4) is 0 Å². The van der Waals surface area contributed by atoms with E-state index in [-0.39, 0.29) is 18.9 Å². The van der Waals surface area contributed by atoms with Crippen LogP contribution in [0.5, 0.6) is 0 Å². The van der Waals surface area contributed by atoms with Crippen molar-refractivity contribution in [2.24, 2.45) is 11.6 Å². The number of hydrogen-bond donors (Lipinski definition) is 4. The number of primary amides is 1. The number of hydrazine groups is 1. The molecule has 6 N–H and O–H groups in total. The van der Waals surface area contributed by atoms with Crippen molar-refractivity contribution < 1.29 is 9.59 Å². The number of anilines is 1. The molecule has 92 valence electrons. The number of hydrogen-bond acceptors (Lipinski definition) is 4. The number of rotatable bonds is 5. The minimum atomic E-state index is -0.478. The van der Waals surface area contributed by atoms with Crippen molar-refractivity contribution in [2.45, 2.75) is 6.42 Å². The van der Waals surface area contributed by atoms with E-state index in [1.54, 1.807) is 12.1 Å². The van der Waals surface area contributed by atoms with E-state index in [2.05, 4.69) is 10.7 Å². The van der Waals surface area contributed by atoms with E-state index in [9.17, 15) is 9.59 Å². The Morgan fingerprint density at radius 1 is 1.35 bits per heavy atom. The van der Waals surface area contributed by atoms with E-state index in [4.69, 9.17) is 23.2 Å². The van der Waals surface area contributed by atoms with Gasteiger partial charge in [-0.05, 0) is 18.2 Å². The van der Waals surface area contributed by atoms with Gasteiger partial charge in [0.15, 0.2) is 0 Å². The highest BCUT2D eigenvalue weighted by molar-refractivity contribution is 6.31. The van der Waals surface area contributed by atoms with Gasteiger partial charge in [0.2, 0.25) is 5.91 Å². The largest absolute Gasteiger partial charge is 0.370 e. The molecule has 0 aromatic heterocycles. The third-order valence-corrected chi connectivity index (χ3v) is 2.27. The molecule has 0 aliphatic heterocycles. The highest BCUT2D eigenvalue weighted by atomic mass is 35.5. The molecule has 7 heteroatoms. The average molecular weight is 257 g/mol. The van der Waals surface area contributed by atoms with Gasteiger partial charge < -0.3 is 16.5 Å². The number of nitrogens with one attached hydrogen (secondary N) is 2. The van der Waals surface area contributed by atoms with Crippen molar-refractivity contribution in [2.75, 3.05) is 12.0 Å². The van der Waals surface area contributed by atoms with Crippen molar-refractivity contribution in [1.82, 2.24) is 5.32 Å². The van der Waals surface area contributed by atoms with Gasteiger partial charge in [0.05, 0.1) is 11.3 Å².